The minimum absolute atomic E-state index is 0. The van der Waals surface area contributed by atoms with Crippen LogP contribution in [-0.2, 0) is 6.61 Å². The Bertz CT molecular complexity index is 534. The fourth-order valence-corrected chi connectivity index (χ4v) is 2.00. The van der Waals surface area contributed by atoms with Gasteiger partial charge in [-0.3, -0.25) is 0 Å². The topological polar surface area (TPSA) is 35.2 Å². The molecule has 0 atom stereocenters. The van der Waals surface area contributed by atoms with Crippen molar-refractivity contribution in [2.45, 2.75) is 6.61 Å². The lowest BCUT2D eigenvalue weighted by atomic mass is 10.2. The lowest BCUT2D eigenvalue weighted by Gasteiger charge is -2.10. The minimum Gasteiger partial charge on any atom is -0.487 e. The Hall–Kier alpha value is -0.900. The third-order valence-electron chi connectivity index (χ3n) is 2.31. The maximum Gasteiger partial charge on any atom is 0.142 e. The fourth-order valence-electron chi connectivity index (χ4n) is 1.42. The molecule has 0 saturated carbocycles. The summed E-state index contributed by atoms with van der Waals surface area (Å²) in [6, 6.07) is 13.1. The van der Waals surface area contributed by atoms with Gasteiger partial charge in [-0.25, -0.2) is 0 Å². The predicted octanol–water partition coefficient (Wildman–Crippen LogP) is 4.69. The number of benzene rings is 2. The Morgan fingerprint density at radius 3 is 2.56 bits per heavy atom. The number of nitrogen functional groups attached to an aromatic ring is 1. The summed E-state index contributed by atoms with van der Waals surface area (Å²) in [4.78, 5) is 0. The summed E-state index contributed by atoms with van der Waals surface area (Å²) < 4.78 is 6.67. The van der Waals surface area contributed by atoms with Crippen molar-refractivity contribution >= 4 is 45.6 Å². The Labute approximate surface area is 126 Å². The molecule has 2 aromatic carbocycles. The van der Waals surface area contributed by atoms with Gasteiger partial charge in [0, 0.05) is 15.1 Å². The first kappa shape index (κ1) is 15.2. The molecule has 0 saturated heterocycles. The Balaban J connectivity index is 0.00000162. The summed E-state index contributed by atoms with van der Waals surface area (Å²) in [5.41, 5.74) is 7.42. The second kappa shape index (κ2) is 6.88. The molecule has 0 unspecified atom stereocenters. The predicted molar refractivity (Wildman–Crippen MR) is 81.6 cm³/mol. The van der Waals surface area contributed by atoms with Gasteiger partial charge in [-0.15, -0.1) is 12.4 Å². The molecular weight excluding hydrogens is 337 g/mol. The molecule has 0 spiro atoms. The molecule has 0 aliphatic heterocycles. The largest absolute Gasteiger partial charge is 0.487 e. The van der Waals surface area contributed by atoms with Crippen LogP contribution in [0.15, 0.2) is 46.9 Å². The molecule has 0 aliphatic carbocycles. The van der Waals surface area contributed by atoms with E-state index in [1.54, 1.807) is 18.2 Å². The number of halogens is 3. The van der Waals surface area contributed by atoms with Crippen LogP contribution in [0, 0.1) is 0 Å². The molecule has 0 bridgehead atoms. The van der Waals surface area contributed by atoms with Crippen molar-refractivity contribution < 1.29 is 4.74 Å². The van der Waals surface area contributed by atoms with Crippen molar-refractivity contribution in [2.24, 2.45) is 0 Å². The van der Waals surface area contributed by atoms with Crippen LogP contribution < -0.4 is 10.5 Å². The average molecular weight is 349 g/mol. The molecule has 18 heavy (non-hydrogen) atoms. The minimum atomic E-state index is 0. The second-order valence-electron chi connectivity index (χ2n) is 3.56. The number of anilines is 1. The van der Waals surface area contributed by atoms with E-state index in [0.717, 1.165) is 10.0 Å². The highest BCUT2D eigenvalue weighted by molar-refractivity contribution is 9.10. The molecule has 0 aromatic heterocycles. The number of rotatable bonds is 3. The zero-order valence-corrected chi connectivity index (χ0v) is 12.6. The van der Waals surface area contributed by atoms with E-state index in [0.29, 0.717) is 23.1 Å². The first-order chi connectivity index (χ1) is 8.16. The van der Waals surface area contributed by atoms with Crippen LogP contribution in [0.3, 0.4) is 0 Å². The molecule has 0 heterocycles. The molecule has 0 radical (unpaired) electrons. The van der Waals surface area contributed by atoms with Crippen LogP contribution in [-0.4, -0.2) is 0 Å². The van der Waals surface area contributed by atoms with Crippen LogP contribution >= 0.6 is 39.9 Å². The SMILES string of the molecule is Cl.Nc1cc(Cl)ccc1OCc1ccccc1Br. The molecule has 96 valence electrons. The molecule has 2 rings (SSSR count). The van der Waals surface area contributed by atoms with Crippen molar-refractivity contribution in [2.75, 3.05) is 5.73 Å². The van der Waals surface area contributed by atoms with Crippen LogP contribution in [0.25, 0.3) is 0 Å². The van der Waals surface area contributed by atoms with Crippen molar-refractivity contribution in [1.82, 2.24) is 0 Å². The number of nitrogens with two attached hydrogens (primary N) is 1. The first-order valence-corrected chi connectivity index (χ1v) is 6.25. The standard InChI is InChI=1S/C13H11BrClNO.ClH/c14-11-4-2-1-3-9(11)8-17-13-6-5-10(15)7-12(13)16;/h1-7H,8,16H2;1H. The molecule has 0 amide bonds. The van der Waals surface area contributed by atoms with Gasteiger partial charge in [0.05, 0.1) is 5.69 Å². The summed E-state index contributed by atoms with van der Waals surface area (Å²) >= 11 is 9.28. The summed E-state index contributed by atoms with van der Waals surface area (Å²) in [6.07, 6.45) is 0. The van der Waals surface area contributed by atoms with Gasteiger partial charge in [-0.05, 0) is 24.3 Å². The van der Waals surface area contributed by atoms with E-state index in [1.165, 1.54) is 0 Å². The number of hydrogen-bond donors (Lipinski definition) is 1. The Morgan fingerprint density at radius 2 is 1.89 bits per heavy atom. The van der Waals surface area contributed by atoms with E-state index in [9.17, 15) is 0 Å². The van der Waals surface area contributed by atoms with E-state index >= 15 is 0 Å². The molecule has 0 aliphatic rings. The maximum absolute atomic E-state index is 5.82. The lowest BCUT2D eigenvalue weighted by molar-refractivity contribution is 0.307. The third kappa shape index (κ3) is 3.80. The van der Waals surface area contributed by atoms with E-state index in [1.807, 2.05) is 24.3 Å². The van der Waals surface area contributed by atoms with Gasteiger partial charge in [0.1, 0.15) is 12.4 Å². The zero-order chi connectivity index (χ0) is 12.3. The highest BCUT2D eigenvalue weighted by Crippen LogP contribution is 2.26. The van der Waals surface area contributed by atoms with Crippen LogP contribution in [0.4, 0.5) is 5.69 Å². The molecule has 5 heteroatoms. The van der Waals surface area contributed by atoms with Crippen LogP contribution in [0.5, 0.6) is 5.75 Å². The van der Waals surface area contributed by atoms with Gasteiger partial charge >= 0.3 is 0 Å². The highest BCUT2D eigenvalue weighted by Gasteiger charge is 2.03. The van der Waals surface area contributed by atoms with Crippen molar-refractivity contribution in [3.8, 4) is 5.75 Å². The second-order valence-corrected chi connectivity index (χ2v) is 4.85. The van der Waals surface area contributed by atoms with E-state index in [-0.39, 0.29) is 12.4 Å². The van der Waals surface area contributed by atoms with E-state index in [4.69, 9.17) is 22.1 Å². The highest BCUT2D eigenvalue weighted by atomic mass is 79.9. The molecule has 2 N–H and O–H groups in total. The smallest absolute Gasteiger partial charge is 0.142 e. The zero-order valence-electron chi connectivity index (χ0n) is 9.40. The molecular formula is C13H12BrCl2NO. The van der Waals surface area contributed by atoms with Gasteiger partial charge in [-0.2, -0.15) is 0 Å². The van der Waals surface area contributed by atoms with Gasteiger partial charge in [0.15, 0.2) is 0 Å². The Kier molecular flexibility index (Phi) is 5.79. The van der Waals surface area contributed by atoms with E-state index in [2.05, 4.69) is 15.9 Å². The molecule has 2 nitrogen and oxygen atoms in total. The van der Waals surface area contributed by atoms with Gasteiger partial charge < -0.3 is 10.5 Å². The summed E-state index contributed by atoms with van der Waals surface area (Å²) in [6.45, 7) is 0.466. The monoisotopic (exact) mass is 347 g/mol. The summed E-state index contributed by atoms with van der Waals surface area (Å²) in [5, 5.41) is 0.607. The number of hydrogen-bond acceptors (Lipinski definition) is 2. The summed E-state index contributed by atoms with van der Waals surface area (Å²) in [5.74, 6) is 0.644. The van der Waals surface area contributed by atoms with Gasteiger partial charge in [0.25, 0.3) is 0 Å². The maximum atomic E-state index is 5.82. The van der Waals surface area contributed by atoms with Crippen LogP contribution in [0.1, 0.15) is 5.56 Å². The van der Waals surface area contributed by atoms with Crippen LogP contribution in [0.2, 0.25) is 5.02 Å². The van der Waals surface area contributed by atoms with Crippen molar-refractivity contribution in [3.63, 3.8) is 0 Å². The third-order valence-corrected chi connectivity index (χ3v) is 3.32. The van der Waals surface area contributed by atoms with Crippen molar-refractivity contribution in [1.29, 1.82) is 0 Å². The quantitative estimate of drug-likeness (QED) is 0.817. The van der Waals surface area contributed by atoms with E-state index < -0.39 is 0 Å². The average Bonchev–Trinajstić information content (AvgIpc) is 2.30. The summed E-state index contributed by atoms with van der Waals surface area (Å²) in [7, 11) is 0. The first-order valence-electron chi connectivity index (χ1n) is 5.08. The van der Waals surface area contributed by atoms with Gasteiger partial charge in [-0.1, -0.05) is 45.7 Å². The lowest BCUT2D eigenvalue weighted by Crippen LogP contribution is -1.99. The molecule has 0 fully saturated rings. The van der Waals surface area contributed by atoms with Gasteiger partial charge in [0.2, 0.25) is 0 Å². The fraction of sp³-hybridized carbons (Fsp3) is 0.0769. The Morgan fingerprint density at radius 1 is 1.17 bits per heavy atom. The number of ether oxygens (including phenoxy) is 1. The molecule has 2 aromatic rings. The normalized spacial score (nSPS) is 9.67. The van der Waals surface area contributed by atoms with Crippen molar-refractivity contribution in [3.05, 3.63) is 57.5 Å².